The molecule has 31 heavy (non-hydrogen) atoms. The average Bonchev–Trinajstić information content (AvgIpc) is 2.79. The normalized spacial score (nSPS) is 17.6. The highest BCUT2D eigenvalue weighted by Gasteiger charge is 2.27. The molecule has 1 aliphatic rings. The Morgan fingerprint density at radius 2 is 1.84 bits per heavy atom. The van der Waals surface area contributed by atoms with Gasteiger partial charge < -0.3 is 25.0 Å². The number of rotatable bonds is 7. The molecule has 0 bridgehead atoms. The largest absolute Gasteiger partial charge is 0.493 e. The van der Waals surface area contributed by atoms with Gasteiger partial charge in [0.2, 0.25) is 0 Å². The van der Waals surface area contributed by atoms with Gasteiger partial charge in [-0.3, -0.25) is 0 Å². The van der Waals surface area contributed by atoms with Crippen LogP contribution in [0.25, 0.3) is 0 Å². The van der Waals surface area contributed by atoms with Crippen LogP contribution < -0.4 is 14.8 Å². The summed E-state index contributed by atoms with van der Waals surface area (Å²) in [4.78, 5) is 18.2. The molecule has 1 saturated heterocycles. The van der Waals surface area contributed by atoms with Crippen molar-refractivity contribution < 1.29 is 29.3 Å². The van der Waals surface area contributed by atoms with Crippen molar-refractivity contribution in [2.45, 2.75) is 18.8 Å². The molecule has 0 spiro atoms. The van der Waals surface area contributed by atoms with Crippen LogP contribution in [0.2, 0.25) is 0 Å². The number of allylic oxidation sites excluding steroid dienone is 1. The second kappa shape index (κ2) is 12.4. The smallest absolute Gasteiger partial charge is 0.414 e. The van der Waals surface area contributed by atoms with E-state index in [0.717, 1.165) is 37.4 Å². The SMILES string of the molecule is C=CCc1ccc(OC[C@@H]2CNCC[C@H]2c2ccccc2)c(OC)c1.O=C(O)C(=O)O. The molecule has 7 heteroatoms. The Hall–Kier alpha value is -3.32. The van der Waals surface area contributed by atoms with Crippen LogP contribution in [0.3, 0.4) is 0 Å². The van der Waals surface area contributed by atoms with Gasteiger partial charge in [-0.1, -0.05) is 42.5 Å². The van der Waals surface area contributed by atoms with Gasteiger partial charge in [0.25, 0.3) is 0 Å². The van der Waals surface area contributed by atoms with E-state index in [0.29, 0.717) is 18.4 Å². The molecule has 1 heterocycles. The summed E-state index contributed by atoms with van der Waals surface area (Å²) in [7, 11) is 1.69. The molecule has 2 aromatic carbocycles. The van der Waals surface area contributed by atoms with Crippen molar-refractivity contribution in [3.05, 3.63) is 72.3 Å². The Balaban J connectivity index is 0.000000501. The first-order valence-corrected chi connectivity index (χ1v) is 10.1. The zero-order valence-corrected chi connectivity index (χ0v) is 17.6. The van der Waals surface area contributed by atoms with E-state index in [-0.39, 0.29) is 0 Å². The van der Waals surface area contributed by atoms with E-state index in [1.807, 2.05) is 18.2 Å². The topological polar surface area (TPSA) is 105 Å². The Labute approximate surface area is 182 Å². The monoisotopic (exact) mass is 427 g/mol. The molecule has 0 saturated carbocycles. The number of nitrogens with one attached hydrogen (secondary N) is 1. The van der Waals surface area contributed by atoms with E-state index in [1.54, 1.807) is 7.11 Å². The molecule has 1 fully saturated rings. The number of piperidine rings is 1. The van der Waals surface area contributed by atoms with Gasteiger partial charge >= 0.3 is 11.9 Å². The Bertz CT molecular complexity index is 856. The number of hydrogen-bond acceptors (Lipinski definition) is 5. The van der Waals surface area contributed by atoms with E-state index in [4.69, 9.17) is 29.3 Å². The highest BCUT2D eigenvalue weighted by atomic mass is 16.5. The first-order chi connectivity index (χ1) is 15.0. The highest BCUT2D eigenvalue weighted by molar-refractivity contribution is 6.27. The van der Waals surface area contributed by atoms with Crippen LogP contribution in [0.5, 0.6) is 11.5 Å². The summed E-state index contributed by atoms with van der Waals surface area (Å²) in [6.07, 6.45) is 3.88. The second-order valence-electron chi connectivity index (χ2n) is 7.17. The molecular formula is C24H29NO6. The zero-order chi connectivity index (χ0) is 22.6. The van der Waals surface area contributed by atoms with E-state index < -0.39 is 11.9 Å². The van der Waals surface area contributed by atoms with Crippen LogP contribution in [0.15, 0.2) is 61.2 Å². The maximum Gasteiger partial charge on any atom is 0.414 e. The molecule has 0 aromatic heterocycles. The number of carboxylic acids is 2. The molecular weight excluding hydrogens is 398 g/mol. The van der Waals surface area contributed by atoms with Crippen molar-refractivity contribution in [2.24, 2.45) is 5.92 Å². The summed E-state index contributed by atoms with van der Waals surface area (Å²) in [6, 6.07) is 16.9. The molecule has 166 valence electrons. The summed E-state index contributed by atoms with van der Waals surface area (Å²) in [6.45, 7) is 6.52. The van der Waals surface area contributed by atoms with Gasteiger partial charge in [-0.2, -0.15) is 0 Å². The molecule has 0 unspecified atom stereocenters. The van der Waals surface area contributed by atoms with Gasteiger partial charge in [-0.15, -0.1) is 6.58 Å². The van der Waals surface area contributed by atoms with Crippen molar-refractivity contribution in [3.63, 3.8) is 0 Å². The predicted molar refractivity (Wildman–Crippen MR) is 118 cm³/mol. The van der Waals surface area contributed by atoms with Crippen LogP contribution in [-0.2, 0) is 16.0 Å². The van der Waals surface area contributed by atoms with Crippen LogP contribution in [0.4, 0.5) is 0 Å². The maximum absolute atomic E-state index is 9.10. The number of carbonyl (C=O) groups is 2. The molecule has 0 radical (unpaired) electrons. The van der Waals surface area contributed by atoms with Crippen LogP contribution in [0, 0.1) is 5.92 Å². The molecule has 2 atom stereocenters. The molecule has 3 rings (SSSR count). The summed E-state index contributed by atoms with van der Waals surface area (Å²) in [5.41, 5.74) is 2.59. The van der Waals surface area contributed by atoms with Crippen LogP contribution >= 0.6 is 0 Å². The van der Waals surface area contributed by atoms with Crippen molar-refractivity contribution in [1.29, 1.82) is 0 Å². The third kappa shape index (κ3) is 7.46. The maximum atomic E-state index is 9.10. The van der Waals surface area contributed by atoms with Gasteiger partial charge in [0.15, 0.2) is 11.5 Å². The van der Waals surface area contributed by atoms with E-state index in [1.165, 1.54) is 11.1 Å². The Morgan fingerprint density at radius 1 is 1.13 bits per heavy atom. The lowest BCUT2D eigenvalue weighted by atomic mass is 9.81. The number of methoxy groups -OCH3 is 1. The second-order valence-corrected chi connectivity index (χ2v) is 7.17. The predicted octanol–water partition coefficient (Wildman–Crippen LogP) is 3.35. The van der Waals surface area contributed by atoms with Crippen molar-refractivity contribution in [3.8, 4) is 11.5 Å². The van der Waals surface area contributed by atoms with Gasteiger partial charge in [0.05, 0.1) is 13.7 Å². The van der Waals surface area contributed by atoms with Gasteiger partial charge in [-0.25, -0.2) is 9.59 Å². The summed E-state index contributed by atoms with van der Waals surface area (Å²) < 4.78 is 11.7. The Morgan fingerprint density at radius 3 is 2.45 bits per heavy atom. The molecule has 3 N–H and O–H groups in total. The van der Waals surface area contributed by atoms with Crippen LogP contribution in [0.1, 0.15) is 23.5 Å². The van der Waals surface area contributed by atoms with Crippen molar-refractivity contribution in [1.82, 2.24) is 5.32 Å². The van der Waals surface area contributed by atoms with Crippen LogP contribution in [-0.4, -0.2) is 49.0 Å². The number of carboxylic acid groups (broad SMARTS) is 2. The lowest BCUT2D eigenvalue weighted by molar-refractivity contribution is -0.159. The third-order valence-electron chi connectivity index (χ3n) is 5.08. The fourth-order valence-corrected chi connectivity index (χ4v) is 3.56. The molecule has 2 aromatic rings. The first kappa shape index (κ1) is 24.0. The quantitative estimate of drug-likeness (QED) is 0.460. The van der Waals surface area contributed by atoms with E-state index in [2.05, 4.69) is 48.3 Å². The number of hydrogen-bond donors (Lipinski definition) is 3. The lowest BCUT2D eigenvalue weighted by Gasteiger charge is -2.32. The zero-order valence-electron chi connectivity index (χ0n) is 17.6. The Kier molecular flexibility index (Phi) is 9.58. The van der Waals surface area contributed by atoms with Gasteiger partial charge in [0, 0.05) is 12.5 Å². The standard InChI is InChI=1S/C22H27NO2.C2H2O4/c1-3-7-17-10-11-21(22(14-17)24-2)25-16-19-15-23-13-12-20(19)18-8-5-4-6-9-18;3-1(4)2(5)6/h3-6,8-11,14,19-20,23H,1,7,12-13,15-16H2,2H3;(H,3,4)(H,5,6)/t19-,20-;/m0./s1. The number of ether oxygens (including phenoxy) is 2. The minimum atomic E-state index is -1.82. The van der Waals surface area contributed by atoms with E-state index in [9.17, 15) is 0 Å². The fourth-order valence-electron chi connectivity index (χ4n) is 3.56. The van der Waals surface area contributed by atoms with Crippen molar-refractivity contribution >= 4 is 11.9 Å². The summed E-state index contributed by atoms with van der Waals surface area (Å²) >= 11 is 0. The van der Waals surface area contributed by atoms with Gasteiger partial charge in [0.1, 0.15) is 0 Å². The lowest BCUT2D eigenvalue weighted by Crippen LogP contribution is -2.38. The summed E-state index contributed by atoms with van der Waals surface area (Å²) in [5.74, 6) is -1.06. The van der Waals surface area contributed by atoms with Crippen molar-refractivity contribution in [2.75, 3.05) is 26.8 Å². The molecule has 1 aliphatic heterocycles. The number of aliphatic carboxylic acids is 2. The molecule has 7 nitrogen and oxygen atoms in total. The molecule has 0 aliphatic carbocycles. The minimum Gasteiger partial charge on any atom is -0.493 e. The third-order valence-corrected chi connectivity index (χ3v) is 5.08. The van der Waals surface area contributed by atoms with Gasteiger partial charge in [-0.05, 0) is 48.6 Å². The fraction of sp³-hybridized carbons (Fsp3) is 0.333. The van der Waals surface area contributed by atoms with E-state index >= 15 is 0 Å². The molecule has 0 amide bonds. The minimum absolute atomic E-state index is 0.453. The number of benzene rings is 2. The average molecular weight is 427 g/mol. The highest BCUT2D eigenvalue weighted by Crippen LogP contribution is 2.33. The first-order valence-electron chi connectivity index (χ1n) is 10.1. The summed E-state index contributed by atoms with van der Waals surface area (Å²) in [5, 5.41) is 18.3.